The summed E-state index contributed by atoms with van der Waals surface area (Å²) in [6.07, 6.45) is 1.74. The van der Waals surface area contributed by atoms with E-state index in [4.69, 9.17) is 9.47 Å². The summed E-state index contributed by atoms with van der Waals surface area (Å²) in [6, 6.07) is 18.9. The first-order valence-corrected chi connectivity index (χ1v) is 8.93. The van der Waals surface area contributed by atoms with Crippen molar-refractivity contribution in [2.24, 2.45) is 0 Å². The lowest BCUT2D eigenvalue weighted by molar-refractivity contribution is -0.146. The maximum atomic E-state index is 12.5. The molecule has 0 aromatic heterocycles. The van der Waals surface area contributed by atoms with Crippen LogP contribution in [0.5, 0.6) is 0 Å². The minimum Gasteiger partial charge on any atom is -0.368 e. The Balaban J connectivity index is 1.74. The molecule has 1 aliphatic carbocycles. The third-order valence-electron chi connectivity index (χ3n) is 4.33. The van der Waals surface area contributed by atoms with Gasteiger partial charge in [0.25, 0.3) is 0 Å². The molecule has 0 unspecified atom stereocenters. The standard InChI is InChI=1S/C22H23NO4/c1-16(24)23-19-12-13-20(25)22(27-15-18-10-6-3-7-11-18)21(19)26-14-17-8-4-2-5-9-17/h2-13,19,21-22H,14-15H2,1H3,(H,23,24)/t19-,21+,22+/m0/s1. The molecule has 0 aliphatic heterocycles. The Hall–Kier alpha value is -2.76. The van der Waals surface area contributed by atoms with Crippen LogP contribution in [0.15, 0.2) is 72.8 Å². The summed E-state index contributed by atoms with van der Waals surface area (Å²) in [5, 5.41) is 2.83. The van der Waals surface area contributed by atoms with E-state index in [0.29, 0.717) is 13.2 Å². The molecule has 2 aromatic rings. The first kappa shape index (κ1) is 19.0. The van der Waals surface area contributed by atoms with Gasteiger partial charge in [-0.1, -0.05) is 66.7 Å². The molecule has 5 nitrogen and oxygen atoms in total. The van der Waals surface area contributed by atoms with Gasteiger partial charge in [-0.15, -0.1) is 0 Å². The number of ether oxygens (including phenoxy) is 2. The van der Waals surface area contributed by atoms with Crippen LogP contribution in [0.2, 0.25) is 0 Å². The Kier molecular flexibility index (Phi) is 6.52. The van der Waals surface area contributed by atoms with Crippen molar-refractivity contribution in [3.63, 3.8) is 0 Å². The summed E-state index contributed by atoms with van der Waals surface area (Å²) in [5.41, 5.74) is 1.96. The van der Waals surface area contributed by atoms with E-state index in [1.165, 1.54) is 13.0 Å². The van der Waals surface area contributed by atoms with Crippen molar-refractivity contribution >= 4 is 11.7 Å². The van der Waals surface area contributed by atoms with E-state index in [2.05, 4.69) is 5.32 Å². The molecule has 0 bridgehead atoms. The van der Waals surface area contributed by atoms with Crippen molar-refractivity contribution in [3.8, 4) is 0 Å². The summed E-state index contributed by atoms with van der Waals surface area (Å²) < 4.78 is 12.0. The van der Waals surface area contributed by atoms with E-state index in [9.17, 15) is 9.59 Å². The molecule has 0 heterocycles. The number of benzene rings is 2. The summed E-state index contributed by atoms with van der Waals surface area (Å²) in [6.45, 7) is 2.06. The van der Waals surface area contributed by atoms with Crippen molar-refractivity contribution in [2.45, 2.75) is 38.4 Å². The highest BCUT2D eigenvalue weighted by atomic mass is 16.5. The van der Waals surface area contributed by atoms with Crippen LogP contribution >= 0.6 is 0 Å². The van der Waals surface area contributed by atoms with Gasteiger partial charge < -0.3 is 14.8 Å². The van der Waals surface area contributed by atoms with Crippen molar-refractivity contribution in [3.05, 3.63) is 83.9 Å². The fourth-order valence-corrected chi connectivity index (χ4v) is 3.01. The Morgan fingerprint density at radius 2 is 1.48 bits per heavy atom. The van der Waals surface area contributed by atoms with Crippen molar-refractivity contribution in [1.82, 2.24) is 5.32 Å². The van der Waals surface area contributed by atoms with Crippen LogP contribution in [0.4, 0.5) is 0 Å². The minimum absolute atomic E-state index is 0.161. The topological polar surface area (TPSA) is 64.6 Å². The highest BCUT2D eigenvalue weighted by molar-refractivity contribution is 5.95. The predicted molar refractivity (Wildman–Crippen MR) is 102 cm³/mol. The molecule has 2 aromatic carbocycles. The maximum absolute atomic E-state index is 12.5. The van der Waals surface area contributed by atoms with Crippen molar-refractivity contribution in [2.75, 3.05) is 0 Å². The number of carbonyl (C=O) groups excluding carboxylic acids is 2. The second kappa shape index (κ2) is 9.26. The molecule has 0 saturated carbocycles. The largest absolute Gasteiger partial charge is 0.368 e. The summed E-state index contributed by atoms with van der Waals surface area (Å²) in [7, 11) is 0. The zero-order valence-corrected chi connectivity index (χ0v) is 15.2. The minimum atomic E-state index is -0.782. The van der Waals surface area contributed by atoms with Gasteiger partial charge in [-0.25, -0.2) is 0 Å². The second-order valence-electron chi connectivity index (χ2n) is 6.47. The SMILES string of the molecule is CC(=O)N[C@H]1C=CC(=O)[C@@H](OCc2ccccc2)[C@@H]1OCc1ccccc1. The van der Waals surface area contributed by atoms with E-state index in [0.717, 1.165) is 11.1 Å². The maximum Gasteiger partial charge on any atom is 0.217 e. The van der Waals surface area contributed by atoms with E-state index >= 15 is 0 Å². The molecular formula is C22H23NO4. The number of rotatable bonds is 7. The fraction of sp³-hybridized carbons (Fsp3) is 0.273. The van der Waals surface area contributed by atoms with Crippen LogP contribution < -0.4 is 5.32 Å². The molecule has 3 rings (SSSR count). The molecule has 5 heteroatoms. The average molecular weight is 365 g/mol. The van der Waals surface area contributed by atoms with Crippen LogP contribution in [0, 0.1) is 0 Å². The first-order valence-electron chi connectivity index (χ1n) is 8.93. The molecule has 1 aliphatic rings. The van der Waals surface area contributed by atoms with Gasteiger partial charge in [0.1, 0.15) is 12.2 Å². The van der Waals surface area contributed by atoms with Gasteiger partial charge >= 0.3 is 0 Å². The lowest BCUT2D eigenvalue weighted by Gasteiger charge is -2.34. The normalized spacial score (nSPS) is 21.8. The molecule has 0 spiro atoms. The molecular weight excluding hydrogens is 342 g/mol. The molecule has 1 amide bonds. The highest BCUT2D eigenvalue weighted by Gasteiger charge is 2.38. The van der Waals surface area contributed by atoms with E-state index in [1.807, 2.05) is 60.7 Å². The molecule has 1 N–H and O–H groups in total. The molecule has 0 radical (unpaired) electrons. The van der Waals surface area contributed by atoms with Crippen LogP contribution in [0.25, 0.3) is 0 Å². The zero-order chi connectivity index (χ0) is 19.1. The first-order chi connectivity index (χ1) is 13.1. The quantitative estimate of drug-likeness (QED) is 0.819. The monoisotopic (exact) mass is 365 g/mol. The number of carbonyl (C=O) groups is 2. The Bertz CT molecular complexity index is 788. The van der Waals surface area contributed by atoms with Crippen LogP contribution in [0.1, 0.15) is 18.1 Å². The van der Waals surface area contributed by atoms with Crippen LogP contribution in [-0.2, 0) is 32.3 Å². The number of nitrogens with one attached hydrogen (secondary N) is 1. The summed E-state index contributed by atoms with van der Waals surface area (Å²) in [5.74, 6) is -0.347. The van der Waals surface area contributed by atoms with Gasteiger partial charge in [0, 0.05) is 6.92 Å². The summed E-state index contributed by atoms with van der Waals surface area (Å²) in [4.78, 5) is 24.0. The van der Waals surface area contributed by atoms with Crippen molar-refractivity contribution < 1.29 is 19.1 Å². The predicted octanol–water partition coefficient (Wildman–Crippen LogP) is 2.80. The number of hydrogen-bond acceptors (Lipinski definition) is 4. The lowest BCUT2D eigenvalue weighted by Crippen LogP contribution is -2.53. The smallest absolute Gasteiger partial charge is 0.217 e. The molecule has 27 heavy (non-hydrogen) atoms. The van der Waals surface area contributed by atoms with Crippen LogP contribution in [0.3, 0.4) is 0 Å². The second-order valence-corrected chi connectivity index (χ2v) is 6.47. The van der Waals surface area contributed by atoms with E-state index in [-0.39, 0.29) is 11.7 Å². The van der Waals surface area contributed by atoms with Gasteiger partial charge in [-0.3, -0.25) is 9.59 Å². The van der Waals surface area contributed by atoms with Gasteiger partial charge in [-0.05, 0) is 17.2 Å². The van der Waals surface area contributed by atoms with Gasteiger partial charge in [0.2, 0.25) is 5.91 Å². The molecule has 0 saturated heterocycles. The van der Waals surface area contributed by atoms with Gasteiger partial charge in [0.15, 0.2) is 5.78 Å². The molecule has 3 atom stereocenters. The van der Waals surface area contributed by atoms with Gasteiger partial charge in [-0.2, -0.15) is 0 Å². The van der Waals surface area contributed by atoms with Gasteiger partial charge in [0.05, 0.1) is 19.3 Å². The molecule has 0 fully saturated rings. The Labute approximate surface area is 159 Å². The fourth-order valence-electron chi connectivity index (χ4n) is 3.01. The van der Waals surface area contributed by atoms with Crippen LogP contribution in [-0.4, -0.2) is 29.9 Å². The Morgan fingerprint density at radius 1 is 0.926 bits per heavy atom. The number of hydrogen-bond donors (Lipinski definition) is 1. The van der Waals surface area contributed by atoms with E-state index < -0.39 is 18.2 Å². The number of amides is 1. The molecule has 140 valence electrons. The Morgan fingerprint density at radius 3 is 2.04 bits per heavy atom. The third kappa shape index (κ3) is 5.36. The average Bonchev–Trinajstić information content (AvgIpc) is 2.68. The number of ketones is 1. The zero-order valence-electron chi connectivity index (χ0n) is 15.2. The highest BCUT2D eigenvalue weighted by Crippen LogP contribution is 2.20. The van der Waals surface area contributed by atoms with Crippen molar-refractivity contribution in [1.29, 1.82) is 0 Å². The van der Waals surface area contributed by atoms with E-state index in [1.54, 1.807) is 6.08 Å². The lowest BCUT2D eigenvalue weighted by atomic mass is 9.94. The summed E-state index contributed by atoms with van der Waals surface area (Å²) >= 11 is 0. The third-order valence-corrected chi connectivity index (χ3v) is 4.33.